The van der Waals surface area contributed by atoms with E-state index in [4.69, 9.17) is 9.47 Å². The van der Waals surface area contributed by atoms with Gasteiger partial charge >= 0.3 is 0 Å². The average Bonchev–Trinajstić information content (AvgIpc) is 2.73. The van der Waals surface area contributed by atoms with E-state index >= 15 is 0 Å². The molecule has 0 spiro atoms. The molecule has 6 nitrogen and oxygen atoms in total. The maximum absolute atomic E-state index is 12.9. The Morgan fingerprint density at radius 1 is 1.04 bits per heavy atom. The van der Waals surface area contributed by atoms with Crippen LogP contribution in [-0.2, 0) is 16.0 Å². The summed E-state index contributed by atoms with van der Waals surface area (Å²) in [7, 11) is 1.55. The lowest BCUT2D eigenvalue weighted by atomic mass is 10.1. The van der Waals surface area contributed by atoms with Crippen molar-refractivity contribution in [2.45, 2.75) is 26.3 Å². The molecule has 0 radical (unpaired) electrons. The minimum absolute atomic E-state index is 0.168. The standard InChI is InChI=1S/C22H28N2O4/c1-4-23-22(26)17(2)24(15-14-18-10-6-5-7-11-18)21(25)16-28-20-13-9-8-12-19(20)27-3/h5-13,17H,4,14-16H2,1-3H3,(H,23,26)/t17-/m0/s1. The molecule has 6 heteroatoms. The Morgan fingerprint density at radius 2 is 1.68 bits per heavy atom. The van der Waals surface area contributed by atoms with Crippen molar-refractivity contribution in [3.05, 3.63) is 60.2 Å². The minimum atomic E-state index is -0.586. The van der Waals surface area contributed by atoms with Crippen molar-refractivity contribution in [2.75, 3.05) is 26.8 Å². The number of carbonyl (C=O) groups is 2. The van der Waals surface area contributed by atoms with E-state index in [1.807, 2.05) is 49.4 Å². The van der Waals surface area contributed by atoms with Crippen molar-refractivity contribution in [1.29, 1.82) is 0 Å². The van der Waals surface area contributed by atoms with E-state index in [2.05, 4.69) is 5.32 Å². The van der Waals surface area contributed by atoms with Crippen LogP contribution in [0.25, 0.3) is 0 Å². The zero-order valence-electron chi connectivity index (χ0n) is 16.7. The fraction of sp³-hybridized carbons (Fsp3) is 0.364. The number of hydrogen-bond acceptors (Lipinski definition) is 4. The maximum Gasteiger partial charge on any atom is 0.261 e. The fourth-order valence-corrected chi connectivity index (χ4v) is 2.85. The highest BCUT2D eigenvalue weighted by molar-refractivity contribution is 5.88. The van der Waals surface area contributed by atoms with E-state index in [1.54, 1.807) is 31.1 Å². The molecule has 0 aliphatic rings. The van der Waals surface area contributed by atoms with Crippen LogP contribution in [0.15, 0.2) is 54.6 Å². The van der Waals surface area contributed by atoms with Crippen molar-refractivity contribution in [3.63, 3.8) is 0 Å². The number of carbonyl (C=O) groups excluding carboxylic acids is 2. The van der Waals surface area contributed by atoms with Gasteiger partial charge in [0.05, 0.1) is 7.11 Å². The van der Waals surface area contributed by atoms with Gasteiger partial charge in [-0.25, -0.2) is 0 Å². The van der Waals surface area contributed by atoms with Gasteiger partial charge in [0.15, 0.2) is 18.1 Å². The normalized spacial score (nSPS) is 11.4. The van der Waals surface area contributed by atoms with Crippen molar-refractivity contribution in [3.8, 4) is 11.5 Å². The van der Waals surface area contributed by atoms with Crippen LogP contribution in [0.4, 0.5) is 0 Å². The smallest absolute Gasteiger partial charge is 0.261 e. The van der Waals surface area contributed by atoms with Crippen LogP contribution in [-0.4, -0.2) is 49.6 Å². The molecule has 0 unspecified atom stereocenters. The highest BCUT2D eigenvalue weighted by atomic mass is 16.5. The van der Waals surface area contributed by atoms with E-state index in [1.165, 1.54) is 0 Å². The molecule has 0 aliphatic heterocycles. The number of methoxy groups -OCH3 is 1. The summed E-state index contributed by atoms with van der Waals surface area (Å²) in [6.07, 6.45) is 0.658. The fourth-order valence-electron chi connectivity index (χ4n) is 2.85. The average molecular weight is 384 g/mol. The van der Waals surface area contributed by atoms with Gasteiger partial charge in [0, 0.05) is 13.1 Å². The van der Waals surface area contributed by atoms with Gasteiger partial charge < -0.3 is 19.7 Å². The molecule has 0 bridgehead atoms. The number of likely N-dealkylation sites (N-methyl/N-ethyl adjacent to an activating group) is 1. The molecule has 2 aromatic carbocycles. The zero-order valence-corrected chi connectivity index (χ0v) is 16.7. The summed E-state index contributed by atoms with van der Waals surface area (Å²) in [4.78, 5) is 26.7. The molecule has 1 atom stereocenters. The van der Waals surface area contributed by atoms with Crippen molar-refractivity contribution < 1.29 is 19.1 Å². The third kappa shape index (κ3) is 6.01. The summed E-state index contributed by atoms with van der Waals surface area (Å²) >= 11 is 0. The summed E-state index contributed by atoms with van der Waals surface area (Å²) in [5.41, 5.74) is 1.11. The number of hydrogen-bond donors (Lipinski definition) is 1. The van der Waals surface area contributed by atoms with Crippen LogP contribution in [0.3, 0.4) is 0 Å². The quantitative estimate of drug-likeness (QED) is 0.684. The number of ether oxygens (including phenoxy) is 2. The Morgan fingerprint density at radius 3 is 2.32 bits per heavy atom. The summed E-state index contributed by atoms with van der Waals surface area (Å²) in [6, 6.07) is 16.4. The first-order valence-electron chi connectivity index (χ1n) is 9.43. The van der Waals surface area contributed by atoms with E-state index in [9.17, 15) is 9.59 Å². The first-order chi connectivity index (χ1) is 13.6. The second kappa shape index (κ2) is 11.0. The number of nitrogens with zero attached hydrogens (tertiary/aromatic N) is 1. The third-order valence-corrected chi connectivity index (χ3v) is 4.42. The summed E-state index contributed by atoms with van der Waals surface area (Å²) in [5.74, 6) is 0.622. The molecule has 0 aliphatic carbocycles. The molecule has 2 amide bonds. The molecule has 0 fully saturated rings. The molecule has 1 N–H and O–H groups in total. The van der Waals surface area contributed by atoms with Crippen LogP contribution < -0.4 is 14.8 Å². The highest BCUT2D eigenvalue weighted by Crippen LogP contribution is 2.25. The summed E-state index contributed by atoms with van der Waals surface area (Å²) in [6.45, 7) is 4.36. The second-order valence-electron chi connectivity index (χ2n) is 6.33. The number of para-hydroxylation sites is 2. The summed E-state index contributed by atoms with van der Waals surface area (Å²) < 4.78 is 10.9. The largest absolute Gasteiger partial charge is 0.493 e. The Hall–Kier alpha value is -3.02. The van der Waals surface area contributed by atoms with Gasteiger partial charge in [0.25, 0.3) is 5.91 Å². The molecule has 0 saturated carbocycles. The van der Waals surface area contributed by atoms with Gasteiger partial charge in [-0.1, -0.05) is 42.5 Å². The predicted molar refractivity (Wildman–Crippen MR) is 108 cm³/mol. The topological polar surface area (TPSA) is 67.9 Å². The van der Waals surface area contributed by atoms with E-state index < -0.39 is 6.04 Å². The number of rotatable bonds is 10. The van der Waals surface area contributed by atoms with Crippen LogP contribution in [0.1, 0.15) is 19.4 Å². The van der Waals surface area contributed by atoms with Crippen LogP contribution in [0, 0.1) is 0 Å². The van der Waals surface area contributed by atoms with Crippen molar-refractivity contribution in [2.24, 2.45) is 0 Å². The molecule has 150 valence electrons. The molecule has 28 heavy (non-hydrogen) atoms. The first kappa shape index (κ1) is 21.3. The lowest BCUT2D eigenvalue weighted by Gasteiger charge is -2.28. The lowest BCUT2D eigenvalue weighted by Crippen LogP contribution is -2.50. The maximum atomic E-state index is 12.9. The SMILES string of the molecule is CCNC(=O)[C@H](C)N(CCc1ccccc1)C(=O)COc1ccccc1OC. The Kier molecular flexibility index (Phi) is 8.34. The van der Waals surface area contributed by atoms with Gasteiger partial charge in [0.2, 0.25) is 5.91 Å². The number of nitrogens with one attached hydrogen (secondary N) is 1. The molecular formula is C22H28N2O4. The lowest BCUT2D eigenvalue weighted by molar-refractivity contribution is -0.141. The van der Waals surface area contributed by atoms with Crippen LogP contribution in [0.2, 0.25) is 0 Å². The van der Waals surface area contributed by atoms with Crippen molar-refractivity contribution >= 4 is 11.8 Å². The molecular weight excluding hydrogens is 356 g/mol. The van der Waals surface area contributed by atoms with Gasteiger partial charge in [-0.3, -0.25) is 9.59 Å². The van der Waals surface area contributed by atoms with Crippen molar-refractivity contribution in [1.82, 2.24) is 10.2 Å². The molecule has 2 aromatic rings. The molecule has 0 saturated heterocycles. The van der Waals surface area contributed by atoms with Crippen LogP contribution in [0.5, 0.6) is 11.5 Å². The van der Waals surface area contributed by atoms with Gasteiger partial charge in [-0.05, 0) is 38.0 Å². The third-order valence-electron chi connectivity index (χ3n) is 4.42. The number of benzene rings is 2. The Bertz CT molecular complexity index is 764. The second-order valence-corrected chi connectivity index (χ2v) is 6.33. The minimum Gasteiger partial charge on any atom is -0.493 e. The van der Waals surface area contributed by atoms with Gasteiger partial charge in [-0.15, -0.1) is 0 Å². The van der Waals surface area contributed by atoms with E-state index in [0.29, 0.717) is 31.0 Å². The van der Waals surface area contributed by atoms with E-state index in [-0.39, 0.29) is 18.4 Å². The van der Waals surface area contributed by atoms with Gasteiger partial charge in [-0.2, -0.15) is 0 Å². The summed E-state index contributed by atoms with van der Waals surface area (Å²) in [5, 5.41) is 2.78. The Balaban J connectivity index is 2.07. The van der Waals surface area contributed by atoms with Crippen LogP contribution >= 0.6 is 0 Å². The first-order valence-corrected chi connectivity index (χ1v) is 9.43. The predicted octanol–water partition coefficient (Wildman–Crippen LogP) is 2.67. The molecule has 0 aromatic heterocycles. The van der Waals surface area contributed by atoms with Gasteiger partial charge in [0.1, 0.15) is 6.04 Å². The molecule has 0 heterocycles. The van der Waals surface area contributed by atoms with E-state index in [0.717, 1.165) is 5.56 Å². The zero-order chi connectivity index (χ0) is 20.4. The number of amides is 2. The molecule has 2 rings (SSSR count). The Labute approximate surface area is 166 Å². The monoisotopic (exact) mass is 384 g/mol. The highest BCUT2D eigenvalue weighted by Gasteiger charge is 2.26.